The molecule has 1 aromatic heterocycles. The van der Waals surface area contributed by atoms with Crippen molar-refractivity contribution in [3.8, 4) is 0 Å². The van der Waals surface area contributed by atoms with E-state index in [0.29, 0.717) is 13.2 Å². The fourth-order valence-corrected chi connectivity index (χ4v) is 1.92. The molecule has 0 unspecified atom stereocenters. The fourth-order valence-electron chi connectivity index (χ4n) is 1.92. The van der Waals surface area contributed by atoms with Gasteiger partial charge in [0.15, 0.2) is 0 Å². The molecule has 2 rings (SSSR count). The summed E-state index contributed by atoms with van der Waals surface area (Å²) in [6.07, 6.45) is 0.931. The second-order valence-corrected chi connectivity index (χ2v) is 4.37. The van der Waals surface area contributed by atoms with Crippen LogP contribution in [0.1, 0.15) is 30.9 Å². The summed E-state index contributed by atoms with van der Waals surface area (Å²) in [5, 5.41) is 3.40. The van der Waals surface area contributed by atoms with Gasteiger partial charge in [0.2, 0.25) is 0 Å². The molecule has 0 saturated carbocycles. The lowest BCUT2D eigenvalue weighted by atomic mass is 10.2. The molecule has 0 fully saturated rings. The third-order valence-corrected chi connectivity index (χ3v) is 3.00. The van der Waals surface area contributed by atoms with Crippen LogP contribution in [-0.2, 0) is 24.3 Å². The van der Waals surface area contributed by atoms with Crippen molar-refractivity contribution in [3.63, 3.8) is 0 Å². The molecule has 0 spiro atoms. The van der Waals surface area contributed by atoms with Crippen LogP contribution in [0.5, 0.6) is 0 Å². The number of anilines is 1. The highest BCUT2D eigenvalue weighted by Gasteiger charge is 2.04. The Kier molecular flexibility index (Phi) is 5.04. The van der Waals surface area contributed by atoms with E-state index in [1.165, 1.54) is 5.56 Å². The molecular weight excluding hydrogens is 238 g/mol. The SMILES string of the molecule is CCOCc1ccccc1NCc1ccc(CC)o1. The van der Waals surface area contributed by atoms with Crippen molar-refractivity contribution in [3.05, 3.63) is 53.5 Å². The predicted octanol–water partition coefficient (Wildman–Crippen LogP) is 3.99. The maximum absolute atomic E-state index is 5.68. The van der Waals surface area contributed by atoms with Crippen LogP contribution in [0.25, 0.3) is 0 Å². The van der Waals surface area contributed by atoms with E-state index in [4.69, 9.17) is 9.15 Å². The van der Waals surface area contributed by atoms with E-state index in [-0.39, 0.29) is 0 Å². The molecule has 3 nitrogen and oxygen atoms in total. The van der Waals surface area contributed by atoms with Gasteiger partial charge in [-0.05, 0) is 25.1 Å². The zero-order valence-electron chi connectivity index (χ0n) is 11.6. The molecule has 102 valence electrons. The molecule has 0 atom stereocenters. The van der Waals surface area contributed by atoms with Gasteiger partial charge in [0.05, 0.1) is 13.2 Å². The maximum atomic E-state index is 5.68. The average molecular weight is 259 g/mol. The normalized spacial score (nSPS) is 10.6. The van der Waals surface area contributed by atoms with Crippen molar-refractivity contribution in [1.82, 2.24) is 0 Å². The molecule has 0 radical (unpaired) electrons. The van der Waals surface area contributed by atoms with Crippen LogP contribution in [0.15, 0.2) is 40.8 Å². The third kappa shape index (κ3) is 3.86. The molecule has 1 heterocycles. The Labute approximate surface area is 114 Å². The number of aryl methyl sites for hydroxylation is 1. The van der Waals surface area contributed by atoms with Crippen LogP contribution in [0, 0.1) is 0 Å². The van der Waals surface area contributed by atoms with E-state index in [1.54, 1.807) is 0 Å². The first-order valence-electron chi connectivity index (χ1n) is 6.80. The van der Waals surface area contributed by atoms with Gasteiger partial charge >= 0.3 is 0 Å². The first kappa shape index (κ1) is 13.7. The monoisotopic (exact) mass is 259 g/mol. The summed E-state index contributed by atoms with van der Waals surface area (Å²) in [5.41, 5.74) is 2.28. The molecule has 0 bridgehead atoms. The van der Waals surface area contributed by atoms with Crippen molar-refractivity contribution in [1.29, 1.82) is 0 Å². The Hall–Kier alpha value is -1.74. The highest BCUT2D eigenvalue weighted by Crippen LogP contribution is 2.18. The van der Waals surface area contributed by atoms with E-state index in [9.17, 15) is 0 Å². The summed E-state index contributed by atoms with van der Waals surface area (Å²) < 4.78 is 11.2. The maximum Gasteiger partial charge on any atom is 0.123 e. The molecule has 0 aliphatic heterocycles. The van der Waals surface area contributed by atoms with E-state index < -0.39 is 0 Å². The molecule has 0 amide bonds. The van der Waals surface area contributed by atoms with Crippen LogP contribution < -0.4 is 5.32 Å². The van der Waals surface area contributed by atoms with Crippen LogP contribution in [0.4, 0.5) is 5.69 Å². The summed E-state index contributed by atoms with van der Waals surface area (Å²) >= 11 is 0. The van der Waals surface area contributed by atoms with Crippen LogP contribution in [-0.4, -0.2) is 6.61 Å². The van der Waals surface area contributed by atoms with Crippen molar-refractivity contribution in [2.75, 3.05) is 11.9 Å². The number of hydrogen-bond donors (Lipinski definition) is 1. The molecule has 0 saturated heterocycles. The Bertz CT molecular complexity index is 505. The standard InChI is InChI=1S/C16H21NO2/c1-3-14-9-10-15(19-14)11-17-16-8-6-5-7-13(16)12-18-4-2/h5-10,17H,3-4,11-12H2,1-2H3. The summed E-state index contributed by atoms with van der Waals surface area (Å²) in [4.78, 5) is 0. The summed E-state index contributed by atoms with van der Waals surface area (Å²) in [6, 6.07) is 12.3. The van der Waals surface area contributed by atoms with E-state index in [1.807, 2.05) is 31.2 Å². The summed E-state index contributed by atoms with van der Waals surface area (Å²) in [7, 11) is 0. The molecule has 1 N–H and O–H groups in total. The molecule has 1 aromatic carbocycles. The van der Waals surface area contributed by atoms with Crippen molar-refractivity contribution in [2.24, 2.45) is 0 Å². The van der Waals surface area contributed by atoms with Gasteiger partial charge in [0.25, 0.3) is 0 Å². The van der Waals surface area contributed by atoms with E-state index in [2.05, 4.69) is 24.4 Å². The minimum Gasteiger partial charge on any atom is -0.464 e. The summed E-state index contributed by atoms with van der Waals surface area (Å²) in [6.45, 7) is 6.16. The number of para-hydroxylation sites is 1. The summed E-state index contributed by atoms with van der Waals surface area (Å²) in [5.74, 6) is 1.99. The molecule has 3 heteroatoms. The van der Waals surface area contributed by atoms with Crippen molar-refractivity contribution < 1.29 is 9.15 Å². The average Bonchev–Trinajstić information content (AvgIpc) is 2.91. The van der Waals surface area contributed by atoms with Gasteiger partial charge < -0.3 is 14.5 Å². The van der Waals surface area contributed by atoms with Crippen molar-refractivity contribution in [2.45, 2.75) is 33.4 Å². The predicted molar refractivity (Wildman–Crippen MR) is 77.2 cm³/mol. The Morgan fingerprint density at radius 2 is 1.84 bits per heavy atom. The number of ether oxygens (including phenoxy) is 1. The quantitative estimate of drug-likeness (QED) is 0.816. The van der Waals surface area contributed by atoms with Gasteiger partial charge in [0.1, 0.15) is 11.5 Å². The van der Waals surface area contributed by atoms with Crippen LogP contribution >= 0.6 is 0 Å². The number of furan rings is 1. The van der Waals surface area contributed by atoms with E-state index in [0.717, 1.165) is 30.2 Å². The number of hydrogen-bond acceptors (Lipinski definition) is 3. The molecule has 0 aliphatic carbocycles. The molecular formula is C16H21NO2. The van der Waals surface area contributed by atoms with Crippen LogP contribution in [0.3, 0.4) is 0 Å². The third-order valence-electron chi connectivity index (χ3n) is 3.00. The van der Waals surface area contributed by atoms with Gasteiger partial charge in [-0.15, -0.1) is 0 Å². The largest absolute Gasteiger partial charge is 0.464 e. The number of rotatable bonds is 7. The second-order valence-electron chi connectivity index (χ2n) is 4.37. The van der Waals surface area contributed by atoms with E-state index >= 15 is 0 Å². The Morgan fingerprint density at radius 1 is 1.05 bits per heavy atom. The van der Waals surface area contributed by atoms with Crippen LogP contribution in [0.2, 0.25) is 0 Å². The van der Waals surface area contributed by atoms with Gasteiger partial charge in [-0.3, -0.25) is 0 Å². The zero-order valence-corrected chi connectivity index (χ0v) is 11.6. The minimum absolute atomic E-state index is 0.637. The van der Waals surface area contributed by atoms with Crippen molar-refractivity contribution >= 4 is 5.69 Å². The minimum atomic E-state index is 0.637. The van der Waals surface area contributed by atoms with Gasteiger partial charge in [-0.25, -0.2) is 0 Å². The topological polar surface area (TPSA) is 34.4 Å². The smallest absolute Gasteiger partial charge is 0.123 e. The van der Waals surface area contributed by atoms with Gasteiger partial charge in [0, 0.05) is 24.3 Å². The van der Waals surface area contributed by atoms with Gasteiger partial charge in [-0.2, -0.15) is 0 Å². The molecule has 19 heavy (non-hydrogen) atoms. The number of nitrogens with one attached hydrogen (secondary N) is 1. The fraction of sp³-hybridized carbons (Fsp3) is 0.375. The van der Waals surface area contributed by atoms with Gasteiger partial charge in [-0.1, -0.05) is 25.1 Å². The lowest BCUT2D eigenvalue weighted by Crippen LogP contribution is -2.03. The first-order valence-corrected chi connectivity index (χ1v) is 6.80. The first-order chi connectivity index (χ1) is 9.33. The highest BCUT2D eigenvalue weighted by atomic mass is 16.5. The Balaban J connectivity index is 1.98. The second kappa shape index (κ2) is 7.00. The highest BCUT2D eigenvalue weighted by molar-refractivity contribution is 5.50. The molecule has 2 aromatic rings. The Morgan fingerprint density at radius 3 is 2.58 bits per heavy atom. The number of benzene rings is 1. The lowest BCUT2D eigenvalue weighted by Gasteiger charge is -2.11. The zero-order chi connectivity index (χ0) is 13.5. The molecule has 0 aliphatic rings. The lowest BCUT2D eigenvalue weighted by molar-refractivity contribution is 0.134.